The summed E-state index contributed by atoms with van der Waals surface area (Å²) >= 11 is 0. The second kappa shape index (κ2) is 6.64. The molecule has 4 heteroatoms. The van der Waals surface area contributed by atoms with Gasteiger partial charge in [0.1, 0.15) is 24.7 Å². The molecular weight excluding hydrogens is 280 g/mol. The molecule has 0 heterocycles. The second-order valence-electron chi connectivity index (χ2n) is 5.01. The molecule has 0 unspecified atom stereocenters. The number of hydrogen-bond donors (Lipinski definition) is 2. The van der Waals surface area contributed by atoms with Gasteiger partial charge in [-0.2, -0.15) is 0 Å². The predicted octanol–water partition coefficient (Wildman–Crippen LogP) is 2.74. The molecule has 3 rings (SSSR count). The van der Waals surface area contributed by atoms with Crippen LogP contribution in [0.1, 0.15) is 0 Å². The second-order valence-corrected chi connectivity index (χ2v) is 5.01. The van der Waals surface area contributed by atoms with E-state index in [4.69, 9.17) is 19.7 Å². The quantitative estimate of drug-likeness (QED) is 0.687. The molecule has 0 spiro atoms. The predicted molar refractivity (Wildman–Crippen MR) is 86.6 cm³/mol. The number of ether oxygens (including phenoxy) is 2. The fraction of sp³-hybridized carbons (Fsp3) is 0.222. The molecule has 3 aromatic rings. The van der Waals surface area contributed by atoms with Crippen LogP contribution in [0, 0.1) is 0 Å². The number of aliphatic hydroxyl groups excluding tert-OH is 2. The lowest BCUT2D eigenvalue weighted by molar-refractivity contribution is 0.201. The Kier molecular flexibility index (Phi) is 4.42. The third-order valence-corrected chi connectivity index (χ3v) is 3.46. The van der Waals surface area contributed by atoms with Crippen molar-refractivity contribution >= 4 is 21.5 Å². The highest BCUT2D eigenvalue weighted by atomic mass is 16.5. The Balaban J connectivity index is 1.99. The Labute approximate surface area is 128 Å². The van der Waals surface area contributed by atoms with E-state index in [2.05, 4.69) is 12.1 Å². The van der Waals surface area contributed by atoms with Crippen molar-refractivity contribution in [1.82, 2.24) is 0 Å². The minimum Gasteiger partial charge on any atom is -0.491 e. The standard InChI is InChI=1S/C18H18O4/c19-5-7-21-17-3-1-13-9-14-2-4-18(22-8-6-20)12-16(14)10-15(13)11-17/h1-4,9-12,19-20H,5-8H2. The Morgan fingerprint density at radius 3 is 1.50 bits per heavy atom. The van der Waals surface area contributed by atoms with Crippen LogP contribution in [0.25, 0.3) is 21.5 Å². The molecule has 0 atom stereocenters. The van der Waals surface area contributed by atoms with Crippen molar-refractivity contribution in [3.05, 3.63) is 48.5 Å². The Morgan fingerprint density at radius 1 is 0.591 bits per heavy atom. The summed E-state index contributed by atoms with van der Waals surface area (Å²) in [6.07, 6.45) is 0. The van der Waals surface area contributed by atoms with Crippen LogP contribution >= 0.6 is 0 Å². The van der Waals surface area contributed by atoms with Crippen molar-refractivity contribution in [2.24, 2.45) is 0 Å². The summed E-state index contributed by atoms with van der Waals surface area (Å²) in [7, 11) is 0. The Bertz CT molecular complexity index is 719. The lowest BCUT2D eigenvalue weighted by Gasteiger charge is -2.09. The molecule has 0 bridgehead atoms. The maximum Gasteiger partial charge on any atom is 0.120 e. The number of hydrogen-bond acceptors (Lipinski definition) is 4. The first-order chi connectivity index (χ1) is 10.8. The van der Waals surface area contributed by atoms with Gasteiger partial charge in [0, 0.05) is 0 Å². The third kappa shape index (κ3) is 3.13. The van der Waals surface area contributed by atoms with Crippen molar-refractivity contribution < 1.29 is 19.7 Å². The highest BCUT2D eigenvalue weighted by Crippen LogP contribution is 2.28. The van der Waals surface area contributed by atoms with Crippen LogP contribution < -0.4 is 9.47 Å². The summed E-state index contributed by atoms with van der Waals surface area (Å²) in [5, 5.41) is 22.1. The molecule has 0 aromatic heterocycles. The summed E-state index contributed by atoms with van der Waals surface area (Å²) in [4.78, 5) is 0. The van der Waals surface area contributed by atoms with Gasteiger partial charge in [-0.1, -0.05) is 12.1 Å². The smallest absolute Gasteiger partial charge is 0.120 e. The van der Waals surface area contributed by atoms with Gasteiger partial charge in [0.2, 0.25) is 0 Å². The van der Waals surface area contributed by atoms with Crippen molar-refractivity contribution in [3.63, 3.8) is 0 Å². The molecular formula is C18H18O4. The van der Waals surface area contributed by atoms with Crippen LogP contribution in [0.5, 0.6) is 11.5 Å². The first kappa shape index (κ1) is 14.6. The summed E-state index contributed by atoms with van der Waals surface area (Å²) < 4.78 is 10.9. The molecule has 3 aromatic carbocycles. The van der Waals surface area contributed by atoms with E-state index in [1.807, 2.05) is 36.4 Å². The highest BCUT2D eigenvalue weighted by molar-refractivity contribution is 5.99. The minimum atomic E-state index is 0.00130. The van der Waals surface area contributed by atoms with E-state index in [0.29, 0.717) is 0 Å². The fourth-order valence-electron chi connectivity index (χ4n) is 2.46. The van der Waals surface area contributed by atoms with Crippen molar-refractivity contribution in [2.75, 3.05) is 26.4 Å². The zero-order chi connectivity index (χ0) is 15.4. The highest BCUT2D eigenvalue weighted by Gasteiger charge is 2.03. The Morgan fingerprint density at radius 2 is 1.05 bits per heavy atom. The molecule has 0 aliphatic heterocycles. The largest absolute Gasteiger partial charge is 0.491 e. The third-order valence-electron chi connectivity index (χ3n) is 3.46. The molecule has 4 nitrogen and oxygen atoms in total. The van der Waals surface area contributed by atoms with Gasteiger partial charge in [0.05, 0.1) is 13.2 Å². The summed E-state index contributed by atoms with van der Waals surface area (Å²) in [5.74, 6) is 1.49. The number of rotatable bonds is 6. The molecule has 0 aliphatic rings. The van der Waals surface area contributed by atoms with Crippen LogP contribution in [-0.2, 0) is 0 Å². The van der Waals surface area contributed by atoms with Gasteiger partial charge < -0.3 is 19.7 Å². The van der Waals surface area contributed by atoms with E-state index in [9.17, 15) is 0 Å². The first-order valence-corrected chi connectivity index (χ1v) is 7.25. The average Bonchev–Trinajstić information content (AvgIpc) is 2.56. The van der Waals surface area contributed by atoms with Crippen LogP contribution in [0.3, 0.4) is 0 Å². The molecule has 0 saturated carbocycles. The molecule has 0 aliphatic carbocycles. The van der Waals surface area contributed by atoms with Gasteiger partial charge in [-0.15, -0.1) is 0 Å². The number of aliphatic hydroxyl groups is 2. The monoisotopic (exact) mass is 298 g/mol. The molecule has 114 valence electrons. The van der Waals surface area contributed by atoms with Gasteiger partial charge in [0.15, 0.2) is 0 Å². The van der Waals surface area contributed by atoms with Crippen molar-refractivity contribution in [3.8, 4) is 11.5 Å². The Hall–Kier alpha value is -2.30. The summed E-state index contributed by atoms with van der Waals surface area (Å²) in [6.45, 7) is 0.582. The minimum absolute atomic E-state index is 0.00130. The lowest BCUT2D eigenvalue weighted by atomic mass is 10.0. The maximum atomic E-state index is 8.83. The van der Waals surface area contributed by atoms with Crippen LogP contribution in [0.2, 0.25) is 0 Å². The molecule has 0 fully saturated rings. The normalized spacial score (nSPS) is 11.0. The van der Waals surface area contributed by atoms with E-state index < -0.39 is 0 Å². The molecule has 0 radical (unpaired) electrons. The summed E-state index contributed by atoms with van der Waals surface area (Å²) in [6, 6.07) is 16.0. The molecule has 2 N–H and O–H groups in total. The van der Waals surface area contributed by atoms with E-state index >= 15 is 0 Å². The number of fused-ring (bicyclic) bond motifs is 2. The van der Waals surface area contributed by atoms with E-state index in [0.717, 1.165) is 33.0 Å². The molecule has 0 amide bonds. The zero-order valence-corrected chi connectivity index (χ0v) is 12.2. The van der Waals surface area contributed by atoms with E-state index in [-0.39, 0.29) is 26.4 Å². The van der Waals surface area contributed by atoms with Gasteiger partial charge in [-0.25, -0.2) is 0 Å². The first-order valence-electron chi connectivity index (χ1n) is 7.25. The maximum absolute atomic E-state index is 8.83. The average molecular weight is 298 g/mol. The van der Waals surface area contributed by atoms with Crippen LogP contribution in [0.15, 0.2) is 48.5 Å². The zero-order valence-electron chi connectivity index (χ0n) is 12.2. The summed E-state index contributed by atoms with van der Waals surface area (Å²) in [5.41, 5.74) is 0. The van der Waals surface area contributed by atoms with E-state index in [1.165, 1.54) is 0 Å². The fourth-order valence-corrected chi connectivity index (χ4v) is 2.46. The van der Waals surface area contributed by atoms with Crippen LogP contribution in [-0.4, -0.2) is 36.6 Å². The van der Waals surface area contributed by atoms with Gasteiger partial charge in [-0.05, 0) is 57.9 Å². The van der Waals surface area contributed by atoms with Gasteiger partial charge >= 0.3 is 0 Å². The van der Waals surface area contributed by atoms with E-state index in [1.54, 1.807) is 0 Å². The van der Waals surface area contributed by atoms with Gasteiger partial charge in [0.25, 0.3) is 0 Å². The topological polar surface area (TPSA) is 58.9 Å². The lowest BCUT2D eigenvalue weighted by Crippen LogP contribution is -2.01. The van der Waals surface area contributed by atoms with Crippen molar-refractivity contribution in [1.29, 1.82) is 0 Å². The van der Waals surface area contributed by atoms with Crippen molar-refractivity contribution in [2.45, 2.75) is 0 Å². The number of benzene rings is 3. The SMILES string of the molecule is OCCOc1ccc2cc3ccc(OCCO)cc3cc2c1. The molecule has 0 saturated heterocycles. The molecule has 22 heavy (non-hydrogen) atoms. The van der Waals surface area contributed by atoms with Gasteiger partial charge in [-0.3, -0.25) is 0 Å². The van der Waals surface area contributed by atoms with Crippen LogP contribution in [0.4, 0.5) is 0 Å².